The second kappa shape index (κ2) is 7.34. The lowest BCUT2D eigenvalue weighted by molar-refractivity contribution is 0.342. The largest absolute Gasteiger partial charge is 0.508 e. The average Bonchev–Trinajstić information content (AvgIpc) is 2.55. The second-order valence-electron chi connectivity index (χ2n) is 6.07. The maximum Gasteiger partial charge on any atom is 0.129 e. The number of halogens is 1. The monoisotopic (exact) mass is 376 g/mol. The van der Waals surface area contributed by atoms with Crippen molar-refractivity contribution in [1.29, 1.82) is 0 Å². The molecule has 1 aliphatic heterocycles. The Morgan fingerprint density at radius 2 is 1.43 bits per heavy atom. The number of piperazine rings is 1. The normalized spacial score (nSPS) is 21.3. The van der Waals surface area contributed by atoms with Crippen LogP contribution in [0.4, 0.5) is 0 Å². The first-order chi connectivity index (χ1) is 11.1. The quantitative estimate of drug-likeness (QED) is 0.662. The van der Waals surface area contributed by atoms with Gasteiger partial charge in [0.05, 0.1) is 4.47 Å². The standard InChI is InChI=1S/C18H21BrN2O2/c19-17-9-13(3-6-18(17)23)8-15-11-20-14(10-21-15)7-12-1-4-16(22)5-2-12/h1-6,9,14-15,20-23H,7-8,10-11H2/t14-,15-/m1/s1. The Kier molecular flexibility index (Phi) is 5.20. The Morgan fingerprint density at radius 3 is 2.00 bits per heavy atom. The summed E-state index contributed by atoms with van der Waals surface area (Å²) in [6.07, 6.45) is 1.88. The molecule has 4 nitrogen and oxygen atoms in total. The fourth-order valence-electron chi connectivity index (χ4n) is 2.93. The number of benzene rings is 2. The zero-order valence-electron chi connectivity index (χ0n) is 12.8. The smallest absolute Gasteiger partial charge is 0.129 e. The van der Waals surface area contributed by atoms with Crippen molar-refractivity contribution < 1.29 is 10.2 Å². The fourth-order valence-corrected chi connectivity index (χ4v) is 3.36. The summed E-state index contributed by atoms with van der Waals surface area (Å²) in [4.78, 5) is 0. The number of hydrogen-bond donors (Lipinski definition) is 4. The Morgan fingerprint density at radius 1 is 0.870 bits per heavy atom. The van der Waals surface area contributed by atoms with E-state index in [4.69, 9.17) is 0 Å². The van der Waals surface area contributed by atoms with Gasteiger partial charge in [0.2, 0.25) is 0 Å². The molecule has 0 bridgehead atoms. The summed E-state index contributed by atoms with van der Waals surface area (Å²) in [6.45, 7) is 1.84. The summed E-state index contributed by atoms with van der Waals surface area (Å²) in [7, 11) is 0. The molecule has 0 saturated carbocycles. The number of aromatic hydroxyl groups is 2. The highest BCUT2D eigenvalue weighted by Gasteiger charge is 2.20. The van der Waals surface area contributed by atoms with E-state index in [0.29, 0.717) is 17.8 Å². The van der Waals surface area contributed by atoms with E-state index in [1.54, 1.807) is 18.2 Å². The van der Waals surface area contributed by atoms with Crippen molar-refractivity contribution in [2.75, 3.05) is 13.1 Å². The average molecular weight is 377 g/mol. The van der Waals surface area contributed by atoms with Gasteiger partial charge in [0.15, 0.2) is 0 Å². The van der Waals surface area contributed by atoms with Gasteiger partial charge in [-0.15, -0.1) is 0 Å². The molecule has 3 rings (SSSR count). The predicted octanol–water partition coefficient (Wildman–Crippen LogP) is 2.58. The highest BCUT2D eigenvalue weighted by Crippen LogP contribution is 2.25. The Labute approximate surface area is 144 Å². The molecule has 4 N–H and O–H groups in total. The SMILES string of the molecule is Oc1ccc(C[C@@H]2CN[C@H](Cc3ccc(O)c(Br)c3)CN2)cc1. The number of phenolic OH excluding ortho intramolecular Hbond substituents is 2. The summed E-state index contributed by atoms with van der Waals surface area (Å²) in [5, 5.41) is 26.1. The van der Waals surface area contributed by atoms with Crippen molar-refractivity contribution in [3.05, 3.63) is 58.1 Å². The molecular formula is C18H21BrN2O2. The Bertz CT molecular complexity index is 653. The zero-order chi connectivity index (χ0) is 16.2. The number of nitrogens with one attached hydrogen (secondary N) is 2. The Hall–Kier alpha value is -1.56. The summed E-state index contributed by atoms with van der Waals surface area (Å²) in [5.74, 6) is 0.584. The fraction of sp³-hybridized carbons (Fsp3) is 0.333. The summed E-state index contributed by atoms with van der Waals surface area (Å²) >= 11 is 3.36. The number of phenols is 2. The lowest BCUT2D eigenvalue weighted by Crippen LogP contribution is -2.55. The van der Waals surface area contributed by atoms with Gasteiger partial charge in [-0.05, 0) is 64.2 Å². The molecule has 1 fully saturated rings. The van der Waals surface area contributed by atoms with Crippen LogP contribution in [0.25, 0.3) is 0 Å². The molecule has 5 heteroatoms. The van der Waals surface area contributed by atoms with Crippen LogP contribution in [0, 0.1) is 0 Å². The third-order valence-electron chi connectivity index (χ3n) is 4.22. The van der Waals surface area contributed by atoms with Crippen LogP contribution < -0.4 is 10.6 Å². The molecule has 0 aliphatic carbocycles. The summed E-state index contributed by atoms with van der Waals surface area (Å²) < 4.78 is 0.740. The minimum Gasteiger partial charge on any atom is -0.508 e. The topological polar surface area (TPSA) is 64.5 Å². The molecule has 1 saturated heterocycles. The van der Waals surface area contributed by atoms with E-state index >= 15 is 0 Å². The van der Waals surface area contributed by atoms with Gasteiger partial charge in [-0.3, -0.25) is 0 Å². The maximum absolute atomic E-state index is 9.55. The van der Waals surface area contributed by atoms with E-state index in [0.717, 1.165) is 30.4 Å². The van der Waals surface area contributed by atoms with Crippen LogP contribution in [-0.4, -0.2) is 35.4 Å². The molecule has 2 aromatic carbocycles. The molecule has 2 atom stereocenters. The first kappa shape index (κ1) is 16.3. The van der Waals surface area contributed by atoms with Crippen molar-refractivity contribution in [2.24, 2.45) is 0 Å². The van der Waals surface area contributed by atoms with E-state index in [2.05, 4.69) is 26.6 Å². The molecular weight excluding hydrogens is 356 g/mol. The molecule has 0 radical (unpaired) electrons. The molecule has 0 aromatic heterocycles. The molecule has 2 aromatic rings. The van der Waals surface area contributed by atoms with Crippen LogP contribution >= 0.6 is 15.9 Å². The van der Waals surface area contributed by atoms with Crippen LogP contribution in [0.5, 0.6) is 11.5 Å². The summed E-state index contributed by atoms with van der Waals surface area (Å²) in [6, 6.07) is 13.9. The molecule has 122 valence electrons. The van der Waals surface area contributed by atoms with Crippen LogP contribution in [0.2, 0.25) is 0 Å². The van der Waals surface area contributed by atoms with Crippen molar-refractivity contribution in [3.63, 3.8) is 0 Å². The van der Waals surface area contributed by atoms with E-state index < -0.39 is 0 Å². The highest BCUT2D eigenvalue weighted by molar-refractivity contribution is 9.10. The minimum absolute atomic E-state index is 0.275. The molecule has 1 heterocycles. The lowest BCUT2D eigenvalue weighted by atomic mass is 10.00. The minimum atomic E-state index is 0.275. The van der Waals surface area contributed by atoms with Crippen molar-refractivity contribution >= 4 is 15.9 Å². The third-order valence-corrected chi connectivity index (χ3v) is 4.85. The van der Waals surface area contributed by atoms with Gasteiger partial charge >= 0.3 is 0 Å². The molecule has 0 spiro atoms. The number of hydrogen-bond acceptors (Lipinski definition) is 4. The molecule has 1 aliphatic rings. The van der Waals surface area contributed by atoms with E-state index in [-0.39, 0.29) is 5.75 Å². The van der Waals surface area contributed by atoms with Crippen LogP contribution in [0.1, 0.15) is 11.1 Å². The van der Waals surface area contributed by atoms with E-state index in [1.165, 1.54) is 11.1 Å². The van der Waals surface area contributed by atoms with Gasteiger partial charge in [0.25, 0.3) is 0 Å². The van der Waals surface area contributed by atoms with Crippen LogP contribution in [0.15, 0.2) is 46.9 Å². The summed E-state index contributed by atoms with van der Waals surface area (Å²) in [5.41, 5.74) is 2.42. The predicted molar refractivity (Wildman–Crippen MR) is 94.9 cm³/mol. The zero-order valence-corrected chi connectivity index (χ0v) is 14.4. The van der Waals surface area contributed by atoms with Crippen LogP contribution in [-0.2, 0) is 12.8 Å². The van der Waals surface area contributed by atoms with Gasteiger partial charge in [-0.2, -0.15) is 0 Å². The van der Waals surface area contributed by atoms with Gasteiger partial charge in [0, 0.05) is 25.2 Å². The van der Waals surface area contributed by atoms with E-state index in [9.17, 15) is 10.2 Å². The first-order valence-electron chi connectivity index (χ1n) is 7.82. The first-order valence-corrected chi connectivity index (χ1v) is 8.61. The van der Waals surface area contributed by atoms with Crippen molar-refractivity contribution in [2.45, 2.75) is 24.9 Å². The highest BCUT2D eigenvalue weighted by atomic mass is 79.9. The lowest BCUT2D eigenvalue weighted by Gasteiger charge is -2.31. The number of rotatable bonds is 4. The second-order valence-corrected chi connectivity index (χ2v) is 6.93. The van der Waals surface area contributed by atoms with Crippen molar-refractivity contribution in [1.82, 2.24) is 10.6 Å². The van der Waals surface area contributed by atoms with Crippen LogP contribution in [0.3, 0.4) is 0 Å². The Balaban J connectivity index is 1.50. The van der Waals surface area contributed by atoms with Gasteiger partial charge < -0.3 is 20.8 Å². The third kappa shape index (κ3) is 4.47. The molecule has 0 amide bonds. The van der Waals surface area contributed by atoms with Gasteiger partial charge in [-0.25, -0.2) is 0 Å². The van der Waals surface area contributed by atoms with Gasteiger partial charge in [0.1, 0.15) is 11.5 Å². The molecule has 0 unspecified atom stereocenters. The molecule has 23 heavy (non-hydrogen) atoms. The maximum atomic E-state index is 9.55. The van der Waals surface area contributed by atoms with Gasteiger partial charge in [-0.1, -0.05) is 18.2 Å². The van der Waals surface area contributed by atoms with Crippen molar-refractivity contribution in [3.8, 4) is 11.5 Å². The van der Waals surface area contributed by atoms with E-state index in [1.807, 2.05) is 24.3 Å².